The van der Waals surface area contributed by atoms with Crippen LogP contribution in [0.15, 0.2) is 85.5 Å². The standard InChI is InChI=1S/C28H34O3Si/c1-5-28(19-18-22-16-17-25(29)31-26(22)28)20-21-30-32(27(2,3)4,23-12-8-6-9-13-23)24-14-10-7-11-15-24/h5-17,22,26H,1,18-21H2,2-4H3/t22-,26-,28+/m1/s1. The number of benzene rings is 2. The maximum Gasteiger partial charge on any atom is 0.330 e. The minimum atomic E-state index is -2.58. The Balaban J connectivity index is 1.66. The lowest BCUT2D eigenvalue weighted by atomic mass is 9.79. The molecule has 3 atom stereocenters. The zero-order chi connectivity index (χ0) is 22.8. The number of hydrogen-bond donors (Lipinski definition) is 0. The second kappa shape index (κ2) is 8.84. The lowest BCUT2D eigenvalue weighted by Crippen LogP contribution is -2.66. The Hall–Kier alpha value is -2.43. The van der Waals surface area contributed by atoms with E-state index in [0.717, 1.165) is 19.3 Å². The summed E-state index contributed by atoms with van der Waals surface area (Å²) in [4.78, 5) is 12.0. The van der Waals surface area contributed by atoms with Crippen molar-refractivity contribution >= 4 is 24.7 Å². The van der Waals surface area contributed by atoms with E-state index in [1.54, 1.807) is 6.08 Å². The molecule has 4 rings (SSSR count). The maximum atomic E-state index is 12.0. The lowest BCUT2D eigenvalue weighted by molar-refractivity contribution is -0.150. The van der Waals surface area contributed by atoms with Crippen molar-refractivity contribution in [1.29, 1.82) is 0 Å². The van der Waals surface area contributed by atoms with Crippen LogP contribution in [0.2, 0.25) is 5.04 Å². The molecule has 0 spiro atoms. The van der Waals surface area contributed by atoms with Gasteiger partial charge in [0.2, 0.25) is 0 Å². The molecule has 0 unspecified atom stereocenters. The van der Waals surface area contributed by atoms with E-state index < -0.39 is 8.32 Å². The normalized spacial score (nSPS) is 25.3. The smallest absolute Gasteiger partial charge is 0.330 e. The van der Waals surface area contributed by atoms with Crippen molar-refractivity contribution in [3.63, 3.8) is 0 Å². The molecule has 1 aliphatic heterocycles. The molecule has 1 aliphatic carbocycles. The molecule has 2 aliphatic rings. The van der Waals surface area contributed by atoms with Crippen LogP contribution in [0.4, 0.5) is 0 Å². The van der Waals surface area contributed by atoms with Gasteiger partial charge in [-0.25, -0.2) is 4.79 Å². The number of fused-ring (bicyclic) bond motifs is 1. The number of ether oxygens (including phenoxy) is 1. The summed E-state index contributed by atoms with van der Waals surface area (Å²) in [6, 6.07) is 21.4. The molecule has 0 amide bonds. The molecule has 0 aromatic heterocycles. The van der Waals surface area contributed by atoms with Gasteiger partial charge in [0.1, 0.15) is 6.10 Å². The van der Waals surface area contributed by atoms with Gasteiger partial charge in [-0.3, -0.25) is 0 Å². The minimum absolute atomic E-state index is 0.0602. The molecule has 1 heterocycles. The van der Waals surface area contributed by atoms with Crippen molar-refractivity contribution in [2.75, 3.05) is 6.61 Å². The first-order valence-electron chi connectivity index (χ1n) is 11.6. The van der Waals surface area contributed by atoms with Crippen molar-refractivity contribution in [3.8, 4) is 0 Å². The van der Waals surface area contributed by atoms with Crippen LogP contribution in [0.3, 0.4) is 0 Å². The molecule has 3 nitrogen and oxygen atoms in total. The topological polar surface area (TPSA) is 35.5 Å². The van der Waals surface area contributed by atoms with Crippen molar-refractivity contribution in [1.82, 2.24) is 0 Å². The van der Waals surface area contributed by atoms with E-state index in [4.69, 9.17) is 9.16 Å². The fourth-order valence-corrected chi connectivity index (χ4v) is 10.2. The predicted molar refractivity (Wildman–Crippen MR) is 133 cm³/mol. The minimum Gasteiger partial charge on any atom is -0.458 e. The Morgan fingerprint density at radius 2 is 1.69 bits per heavy atom. The van der Waals surface area contributed by atoms with E-state index in [1.165, 1.54) is 10.4 Å². The molecule has 32 heavy (non-hydrogen) atoms. The van der Waals surface area contributed by atoms with Crippen LogP contribution in [-0.2, 0) is 14.0 Å². The van der Waals surface area contributed by atoms with E-state index in [1.807, 2.05) is 12.2 Å². The van der Waals surface area contributed by atoms with Gasteiger partial charge in [0.25, 0.3) is 8.32 Å². The Morgan fingerprint density at radius 3 is 2.22 bits per heavy atom. The summed E-state index contributed by atoms with van der Waals surface area (Å²) in [6.07, 6.45) is 8.24. The zero-order valence-corrected chi connectivity index (χ0v) is 20.4. The Bertz CT molecular complexity index is 937. The lowest BCUT2D eigenvalue weighted by Gasteiger charge is -2.44. The third-order valence-corrected chi connectivity index (χ3v) is 12.4. The third kappa shape index (κ3) is 3.91. The highest BCUT2D eigenvalue weighted by Gasteiger charge is 2.52. The number of carbonyl (C=O) groups excluding carboxylic acids is 1. The monoisotopic (exact) mass is 446 g/mol. The summed E-state index contributed by atoms with van der Waals surface area (Å²) >= 11 is 0. The van der Waals surface area contributed by atoms with Crippen molar-refractivity contribution in [3.05, 3.63) is 85.5 Å². The molecule has 1 fully saturated rings. The Morgan fingerprint density at radius 1 is 1.09 bits per heavy atom. The average molecular weight is 447 g/mol. The fraction of sp³-hybridized carbons (Fsp3) is 0.393. The van der Waals surface area contributed by atoms with E-state index >= 15 is 0 Å². The van der Waals surface area contributed by atoms with Gasteiger partial charge in [-0.2, -0.15) is 0 Å². The molecular weight excluding hydrogens is 412 g/mol. The number of rotatable bonds is 7. The highest BCUT2D eigenvalue weighted by molar-refractivity contribution is 6.99. The highest BCUT2D eigenvalue weighted by Crippen LogP contribution is 2.49. The summed E-state index contributed by atoms with van der Waals surface area (Å²) in [6.45, 7) is 11.6. The molecule has 168 valence electrons. The van der Waals surface area contributed by atoms with Gasteiger partial charge in [0, 0.05) is 24.0 Å². The Labute approximate surface area is 193 Å². The summed E-state index contributed by atoms with van der Waals surface area (Å²) in [5.74, 6) is 0.0332. The van der Waals surface area contributed by atoms with Crippen LogP contribution >= 0.6 is 0 Å². The first-order valence-corrected chi connectivity index (χ1v) is 13.5. The van der Waals surface area contributed by atoms with E-state index in [-0.39, 0.29) is 28.4 Å². The summed E-state index contributed by atoms with van der Waals surface area (Å²) in [5, 5.41) is 2.50. The molecule has 2 aromatic carbocycles. The van der Waals surface area contributed by atoms with Crippen LogP contribution in [0.5, 0.6) is 0 Å². The van der Waals surface area contributed by atoms with Gasteiger partial charge in [0.15, 0.2) is 0 Å². The van der Waals surface area contributed by atoms with Crippen LogP contribution in [-0.4, -0.2) is 27.0 Å². The van der Waals surface area contributed by atoms with E-state index in [9.17, 15) is 4.79 Å². The van der Waals surface area contributed by atoms with E-state index in [0.29, 0.717) is 6.61 Å². The molecule has 0 radical (unpaired) electrons. The number of carbonyl (C=O) groups is 1. The van der Waals surface area contributed by atoms with Crippen LogP contribution in [0.1, 0.15) is 40.0 Å². The maximum absolute atomic E-state index is 12.0. The molecule has 4 heteroatoms. The molecule has 2 aromatic rings. The first kappa shape index (κ1) is 22.7. The second-order valence-corrected chi connectivity index (χ2v) is 14.4. The molecule has 0 saturated heterocycles. The molecule has 1 saturated carbocycles. The largest absolute Gasteiger partial charge is 0.458 e. The summed E-state index contributed by atoms with van der Waals surface area (Å²) in [5.41, 5.74) is -0.240. The highest BCUT2D eigenvalue weighted by atomic mass is 28.4. The van der Waals surface area contributed by atoms with Crippen molar-refractivity contribution < 1.29 is 14.0 Å². The third-order valence-electron chi connectivity index (χ3n) is 7.33. The van der Waals surface area contributed by atoms with Gasteiger partial charge in [-0.15, -0.1) is 6.58 Å². The number of esters is 1. The molecule has 0 N–H and O–H groups in total. The van der Waals surface area contributed by atoms with E-state index in [2.05, 4.69) is 88.0 Å². The number of hydrogen-bond acceptors (Lipinski definition) is 3. The predicted octanol–water partition coefficient (Wildman–Crippen LogP) is 5.02. The van der Waals surface area contributed by atoms with Crippen LogP contribution < -0.4 is 10.4 Å². The van der Waals surface area contributed by atoms with Crippen LogP contribution in [0.25, 0.3) is 0 Å². The molecule has 0 bridgehead atoms. The summed E-state index contributed by atoms with van der Waals surface area (Å²) in [7, 11) is -2.58. The molecular formula is C28H34O3Si. The van der Waals surface area contributed by atoms with Gasteiger partial charge >= 0.3 is 5.97 Å². The second-order valence-electron chi connectivity index (χ2n) is 10.1. The fourth-order valence-electron chi connectivity index (χ4n) is 5.67. The van der Waals surface area contributed by atoms with Gasteiger partial charge in [0.05, 0.1) is 0 Å². The SMILES string of the molecule is C=C[C@@]1(CCO[Si](c2ccccc2)(c2ccccc2)C(C)(C)C)CC[C@H]2C=CC(=O)O[C@H]21. The van der Waals surface area contributed by atoms with Gasteiger partial charge < -0.3 is 9.16 Å². The van der Waals surface area contributed by atoms with Crippen molar-refractivity contribution in [2.45, 2.75) is 51.2 Å². The quantitative estimate of drug-likeness (QED) is 0.340. The summed E-state index contributed by atoms with van der Waals surface area (Å²) < 4.78 is 12.9. The van der Waals surface area contributed by atoms with Gasteiger partial charge in [-0.1, -0.05) is 93.6 Å². The first-order chi connectivity index (χ1) is 15.3. The Kier molecular flexibility index (Phi) is 6.28. The van der Waals surface area contributed by atoms with Crippen molar-refractivity contribution in [2.24, 2.45) is 11.3 Å². The van der Waals surface area contributed by atoms with Gasteiger partial charge in [-0.05, 0) is 34.7 Å². The average Bonchev–Trinajstić information content (AvgIpc) is 3.15. The zero-order valence-electron chi connectivity index (χ0n) is 19.4. The van der Waals surface area contributed by atoms with Crippen LogP contribution in [0, 0.1) is 11.3 Å².